The van der Waals surface area contributed by atoms with Gasteiger partial charge in [0.15, 0.2) is 11.6 Å². The number of halogens is 1. The van der Waals surface area contributed by atoms with Crippen LogP contribution in [-0.4, -0.2) is 23.2 Å². The number of anilines is 1. The van der Waals surface area contributed by atoms with Crippen LogP contribution in [0.3, 0.4) is 0 Å². The maximum atomic E-state index is 15.1. The first kappa shape index (κ1) is 19.4. The molecule has 2 aromatic heterocycles. The molecule has 5 nitrogen and oxygen atoms in total. The quantitative estimate of drug-likeness (QED) is 0.466. The molecular weight excluding hydrogens is 383 g/mol. The zero-order valence-electron chi connectivity index (χ0n) is 16.5. The van der Waals surface area contributed by atoms with Crippen molar-refractivity contribution in [1.82, 2.24) is 4.40 Å². The number of nitrogens with zero attached hydrogens (tertiary/aromatic N) is 1. The molecule has 30 heavy (non-hydrogen) atoms. The summed E-state index contributed by atoms with van der Waals surface area (Å²) in [7, 11) is 1.52. The average Bonchev–Trinajstić information content (AvgIpc) is 3.15. The Morgan fingerprint density at radius 3 is 2.47 bits per heavy atom. The lowest BCUT2D eigenvalue weighted by molar-refractivity contribution is 0.101. The summed E-state index contributed by atoms with van der Waals surface area (Å²) in [6, 6.07) is 18.8. The number of methoxy groups -OCH3 is 1. The standard InChI is InChI=1S/C24H19FN2O3/c1-15(28)21-14-19(22-13-17(30-2)11-12-27(21)22)24(29)26-20-10-6-9-18(23(20)25)16-7-4-3-5-8-16/h3-14H,1-2H3,(H,26,29). The molecular formula is C24H19FN2O3. The summed E-state index contributed by atoms with van der Waals surface area (Å²) in [4.78, 5) is 25.0. The first-order valence-electron chi connectivity index (χ1n) is 9.35. The number of Topliss-reactive ketones (excluding diaryl/α,β-unsaturated/α-hetero) is 1. The summed E-state index contributed by atoms with van der Waals surface area (Å²) in [5.41, 5.74) is 2.27. The van der Waals surface area contributed by atoms with Crippen molar-refractivity contribution in [2.45, 2.75) is 6.92 Å². The summed E-state index contributed by atoms with van der Waals surface area (Å²) in [6.07, 6.45) is 1.66. The Hall–Kier alpha value is -3.93. The Morgan fingerprint density at radius 2 is 1.77 bits per heavy atom. The van der Waals surface area contributed by atoms with Crippen molar-refractivity contribution < 1.29 is 18.7 Å². The molecule has 0 spiro atoms. The van der Waals surface area contributed by atoms with Gasteiger partial charge in [-0.2, -0.15) is 0 Å². The van der Waals surface area contributed by atoms with E-state index in [9.17, 15) is 9.59 Å². The van der Waals surface area contributed by atoms with Gasteiger partial charge >= 0.3 is 0 Å². The van der Waals surface area contributed by atoms with E-state index >= 15 is 4.39 Å². The van der Waals surface area contributed by atoms with Gasteiger partial charge in [0.25, 0.3) is 5.91 Å². The van der Waals surface area contributed by atoms with Gasteiger partial charge in [0.05, 0.1) is 29.6 Å². The van der Waals surface area contributed by atoms with Crippen LogP contribution in [0.4, 0.5) is 10.1 Å². The molecule has 2 heterocycles. The van der Waals surface area contributed by atoms with Crippen LogP contribution in [0, 0.1) is 5.82 Å². The molecule has 0 aliphatic heterocycles. The second kappa shape index (κ2) is 7.83. The van der Waals surface area contributed by atoms with E-state index in [0.717, 1.165) is 0 Å². The predicted molar refractivity (Wildman–Crippen MR) is 114 cm³/mol. The van der Waals surface area contributed by atoms with Crippen molar-refractivity contribution in [3.05, 3.63) is 90.0 Å². The molecule has 6 heteroatoms. The summed E-state index contributed by atoms with van der Waals surface area (Å²) < 4.78 is 22.0. The molecule has 1 amide bonds. The van der Waals surface area contributed by atoms with Crippen LogP contribution in [0.2, 0.25) is 0 Å². The van der Waals surface area contributed by atoms with E-state index in [1.807, 2.05) is 18.2 Å². The second-order valence-electron chi connectivity index (χ2n) is 6.81. The molecule has 0 aliphatic carbocycles. The lowest BCUT2D eigenvalue weighted by atomic mass is 10.0. The first-order chi connectivity index (χ1) is 14.5. The number of carbonyl (C=O) groups excluding carboxylic acids is 2. The second-order valence-corrected chi connectivity index (χ2v) is 6.81. The number of hydrogen-bond acceptors (Lipinski definition) is 3. The minimum Gasteiger partial charge on any atom is -0.497 e. The fraction of sp³-hybridized carbons (Fsp3) is 0.0833. The van der Waals surface area contributed by atoms with Crippen LogP contribution < -0.4 is 10.1 Å². The molecule has 4 rings (SSSR count). The average molecular weight is 402 g/mol. The molecule has 0 atom stereocenters. The third kappa shape index (κ3) is 3.43. The van der Waals surface area contributed by atoms with Crippen LogP contribution >= 0.6 is 0 Å². The van der Waals surface area contributed by atoms with E-state index in [4.69, 9.17) is 4.74 Å². The lowest BCUT2D eigenvalue weighted by Crippen LogP contribution is -2.13. The fourth-order valence-electron chi connectivity index (χ4n) is 3.42. The van der Waals surface area contributed by atoms with Gasteiger partial charge in [0, 0.05) is 24.8 Å². The minimum atomic E-state index is -0.523. The molecule has 4 aromatic rings. The number of ether oxygens (including phenoxy) is 1. The van der Waals surface area contributed by atoms with E-state index in [2.05, 4.69) is 5.32 Å². The minimum absolute atomic E-state index is 0.0629. The van der Waals surface area contributed by atoms with E-state index in [-0.39, 0.29) is 17.0 Å². The van der Waals surface area contributed by atoms with Gasteiger partial charge < -0.3 is 14.5 Å². The van der Waals surface area contributed by atoms with E-state index in [0.29, 0.717) is 28.1 Å². The number of nitrogens with one attached hydrogen (secondary N) is 1. The number of rotatable bonds is 5. The largest absolute Gasteiger partial charge is 0.497 e. The van der Waals surface area contributed by atoms with Gasteiger partial charge in [0.2, 0.25) is 0 Å². The Morgan fingerprint density at radius 1 is 1.00 bits per heavy atom. The highest BCUT2D eigenvalue weighted by molar-refractivity contribution is 6.11. The van der Waals surface area contributed by atoms with Crippen LogP contribution in [-0.2, 0) is 0 Å². The number of carbonyl (C=O) groups is 2. The maximum absolute atomic E-state index is 15.1. The van der Waals surface area contributed by atoms with Crippen molar-refractivity contribution in [2.75, 3.05) is 12.4 Å². The Balaban J connectivity index is 1.75. The maximum Gasteiger partial charge on any atom is 0.257 e. The third-order valence-electron chi connectivity index (χ3n) is 4.92. The Labute approximate surface area is 172 Å². The lowest BCUT2D eigenvalue weighted by Gasteiger charge is -2.10. The van der Waals surface area contributed by atoms with Gasteiger partial charge in [-0.3, -0.25) is 9.59 Å². The zero-order valence-corrected chi connectivity index (χ0v) is 16.5. The molecule has 0 unspecified atom stereocenters. The number of amides is 1. The van der Waals surface area contributed by atoms with Crippen LogP contribution in [0.1, 0.15) is 27.8 Å². The van der Waals surface area contributed by atoms with Crippen molar-refractivity contribution in [3.63, 3.8) is 0 Å². The summed E-state index contributed by atoms with van der Waals surface area (Å²) in [6.45, 7) is 1.43. The van der Waals surface area contributed by atoms with Gasteiger partial charge in [-0.1, -0.05) is 42.5 Å². The SMILES string of the molecule is COc1ccn2c(C(C)=O)cc(C(=O)Nc3cccc(-c4ccccc4)c3F)c2c1. The van der Waals surface area contributed by atoms with Gasteiger partial charge in [-0.15, -0.1) is 0 Å². The number of pyridine rings is 1. The van der Waals surface area contributed by atoms with Crippen LogP contribution in [0.25, 0.3) is 16.6 Å². The van der Waals surface area contributed by atoms with Crippen LogP contribution in [0.15, 0.2) is 72.9 Å². The van der Waals surface area contributed by atoms with Gasteiger partial charge in [0.1, 0.15) is 5.75 Å². The van der Waals surface area contributed by atoms with Crippen molar-refractivity contribution >= 4 is 22.9 Å². The fourth-order valence-corrected chi connectivity index (χ4v) is 3.42. The number of fused-ring (bicyclic) bond motifs is 1. The van der Waals surface area contributed by atoms with Crippen molar-refractivity contribution in [2.24, 2.45) is 0 Å². The number of hydrogen-bond donors (Lipinski definition) is 1. The van der Waals surface area contributed by atoms with Gasteiger partial charge in [-0.05, 0) is 23.8 Å². The predicted octanol–water partition coefficient (Wildman–Crippen LogP) is 5.21. The topological polar surface area (TPSA) is 59.8 Å². The summed E-state index contributed by atoms with van der Waals surface area (Å²) >= 11 is 0. The van der Waals surface area contributed by atoms with Gasteiger partial charge in [-0.25, -0.2) is 4.39 Å². The molecule has 1 N–H and O–H groups in total. The Bertz CT molecular complexity index is 1260. The highest BCUT2D eigenvalue weighted by Crippen LogP contribution is 2.29. The highest BCUT2D eigenvalue weighted by Gasteiger charge is 2.20. The number of ketones is 1. The molecule has 0 radical (unpaired) electrons. The molecule has 0 bridgehead atoms. The molecule has 2 aromatic carbocycles. The van der Waals surface area contributed by atoms with E-state index in [1.165, 1.54) is 26.2 Å². The normalized spacial score (nSPS) is 10.8. The highest BCUT2D eigenvalue weighted by atomic mass is 19.1. The smallest absolute Gasteiger partial charge is 0.257 e. The summed E-state index contributed by atoms with van der Waals surface area (Å²) in [5, 5.41) is 2.64. The number of aromatic nitrogens is 1. The molecule has 150 valence electrons. The molecule has 0 saturated heterocycles. The molecule has 0 aliphatic rings. The number of benzene rings is 2. The first-order valence-corrected chi connectivity index (χ1v) is 9.35. The Kier molecular flexibility index (Phi) is 5.06. The van der Waals surface area contributed by atoms with Crippen molar-refractivity contribution in [1.29, 1.82) is 0 Å². The summed E-state index contributed by atoms with van der Waals surface area (Å²) in [5.74, 6) is -0.684. The molecule has 0 saturated carbocycles. The monoisotopic (exact) mass is 402 g/mol. The van der Waals surface area contributed by atoms with Crippen molar-refractivity contribution in [3.8, 4) is 16.9 Å². The van der Waals surface area contributed by atoms with Crippen LogP contribution in [0.5, 0.6) is 5.75 Å². The van der Waals surface area contributed by atoms with E-state index in [1.54, 1.807) is 47.0 Å². The van der Waals surface area contributed by atoms with E-state index < -0.39 is 11.7 Å². The third-order valence-corrected chi connectivity index (χ3v) is 4.92. The molecule has 0 fully saturated rings. The zero-order chi connectivity index (χ0) is 21.3.